The zero-order valence-corrected chi connectivity index (χ0v) is 13.7. The Labute approximate surface area is 134 Å². The number of hydrogen-bond acceptors (Lipinski definition) is 7. The summed E-state index contributed by atoms with van der Waals surface area (Å²) in [6, 6.07) is 8.25. The third kappa shape index (κ3) is 8.83. The van der Waals surface area contributed by atoms with Crippen LogP contribution in [0.5, 0.6) is 0 Å². The second kappa shape index (κ2) is 8.04. The number of nitrogens with zero attached hydrogens (tertiary/aromatic N) is 1. The van der Waals surface area contributed by atoms with Crippen LogP contribution in [-0.4, -0.2) is 73.0 Å². The van der Waals surface area contributed by atoms with Gasteiger partial charge >= 0.3 is 0 Å². The van der Waals surface area contributed by atoms with Crippen molar-refractivity contribution in [1.29, 1.82) is 0 Å². The van der Waals surface area contributed by atoms with Crippen LogP contribution in [-0.2, 0) is 20.2 Å². The fraction of sp³-hybridized carbons (Fsp3) is 0.500. The van der Waals surface area contributed by atoms with Gasteiger partial charge in [-0.05, 0) is 12.1 Å². The summed E-state index contributed by atoms with van der Waals surface area (Å²) >= 11 is 0. The Kier molecular flexibility index (Phi) is 6.92. The first kappa shape index (κ1) is 19.8. The van der Waals surface area contributed by atoms with Crippen molar-refractivity contribution in [2.24, 2.45) is 0 Å². The van der Waals surface area contributed by atoms with Gasteiger partial charge in [-0.15, -0.1) is 0 Å². The lowest BCUT2D eigenvalue weighted by molar-refractivity contribution is 0.178. The molecule has 0 fully saturated rings. The van der Waals surface area contributed by atoms with E-state index in [9.17, 15) is 27.0 Å². The van der Waals surface area contributed by atoms with Gasteiger partial charge in [0.2, 0.25) is 0 Å². The normalized spacial score (nSPS) is 15.1. The molecule has 11 heteroatoms. The van der Waals surface area contributed by atoms with E-state index in [0.717, 1.165) is 0 Å². The van der Waals surface area contributed by atoms with E-state index in [1.54, 1.807) is 30.3 Å². The van der Waals surface area contributed by atoms with E-state index in [4.69, 9.17) is 9.11 Å². The number of benzene rings is 1. The number of aliphatic hydroxyl groups excluding tert-OH is 2. The highest BCUT2D eigenvalue weighted by atomic mass is 32.2. The Balaban J connectivity index is 2.86. The number of anilines is 1. The molecular formula is C12H19NO8S2. The maximum Gasteiger partial charge on any atom is 0.267 e. The van der Waals surface area contributed by atoms with Gasteiger partial charge in [0.15, 0.2) is 0 Å². The minimum absolute atomic E-state index is 0.271. The Morgan fingerprint density at radius 3 is 1.57 bits per heavy atom. The molecule has 0 saturated heterocycles. The predicted octanol–water partition coefficient (Wildman–Crippen LogP) is -1.01. The van der Waals surface area contributed by atoms with Gasteiger partial charge in [0.1, 0.15) is 11.5 Å². The van der Waals surface area contributed by atoms with Crippen LogP contribution >= 0.6 is 0 Å². The summed E-state index contributed by atoms with van der Waals surface area (Å²) < 4.78 is 60.6. The average Bonchev–Trinajstić information content (AvgIpc) is 2.34. The number of aliphatic hydroxyl groups is 2. The first-order valence-electron chi connectivity index (χ1n) is 6.53. The van der Waals surface area contributed by atoms with Crippen LogP contribution in [0.1, 0.15) is 0 Å². The topological polar surface area (TPSA) is 152 Å². The lowest BCUT2D eigenvalue weighted by Gasteiger charge is -2.28. The van der Waals surface area contributed by atoms with Crippen LogP contribution in [0.4, 0.5) is 5.69 Å². The van der Waals surface area contributed by atoms with Crippen molar-refractivity contribution >= 4 is 25.9 Å². The molecule has 0 aliphatic heterocycles. The zero-order valence-electron chi connectivity index (χ0n) is 12.1. The first-order chi connectivity index (χ1) is 10.5. The summed E-state index contributed by atoms with van der Waals surface area (Å²) in [5, 5.41) is 19.5. The Morgan fingerprint density at radius 2 is 1.22 bits per heavy atom. The van der Waals surface area contributed by atoms with Gasteiger partial charge in [-0.3, -0.25) is 9.11 Å². The second-order valence-corrected chi connectivity index (χ2v) is 8.04. The molecule has 132 valence electrons. The molecule has 0 bridgehead atoms. The Hall–Kier alpha value is -1.24. The monoisotopic (exact) mass is 369 g/mol. The smallest absolute Gasteiger partial charge is 0.267 e. The number of para-hydroxylation sites is 1. The minimum atomic E-state index is -4.38. The lowest BCUT2D eigenvalue weighted by Crippen LogP contribution is -2.42. The lowest BCUT2D eigenvalue weighted by atomic mass is 10.2. The van der Waals surface area contributed by atoms with Gasteiger partial charge in [0.25, 0.3) is 20.2 Å². The molecule has 0 aliphatic carbocycles. The van der Waals surface area contributed by atoms with Gasteiger partial charge < -0.3 is 15.1 Å². The van der Waals surface area contributed by atoms with Gasteiger partial charge in [-0.25, -0.2) is 0 Å². The van der Waals surface area contributed by atoms with Crippen LogP contribution < -0.4 is 4.90 Å². The van der Waals surface area contributed by atoms with Gasteiger partial charge in [-0.2, -0.15) is 16.8 Å². The summed E-state index contributed by atoms with van der Waals surface area (Å²) in [5.41, 5.74) is 0.497. The van der Waals surface area contributed by atoms with Crippen LogP contribution in [0.3, 0.4) is 0 Å². The van der Waals surface area contributed by atoms with Crippen molar-refractivity contribution in [1.82, 2.24) is 0 Å². The second-order valence-electron chi connectivity index (χ2n) is 5.05. The molecule has 0 radical (unpaired) electrons. The van der Waals surface area contributed by atoms with E-state index in [1.807, 2.05) is 0 Å². The maximum absolute atomic E-state index is 10.8. The average molecular weight is 369 g/mol. The Bertz CT molecular complexity index is 647. The van der Waals surface area contributed by atoms with E-state index in [0.29, 0.717) is 5.69 Å². The van der Waals surface area contributed by atoms with Crippen molar-refractivity contribution in [2.45, 2.75) is 12.2 Å². The Morgan fingerprint density at radius 1 is 0.826 bits per heavy atom. The molecular weight excluding hydrogens is 350 g/mol. The summed E-state index contributed by atoms with van der Waals surface area (Å²) in [4.78, 5) is 1.35. The minimum Gasteiger partial charge on any atom is -0.390 e. The largest absolute Gasteiger partial charge is 0.390 e. The van der Waals surface area contributed by atoms with Gasteiger partial charge in [0, 0.05) is 18.8 Å². The summed E-state index contributed by atoms with van der Waals surface area (Å²) in [6.45, 7) is -0.543. The molecule has 23 heavy (non-hydrogen) atoms. The molecule has 0 spiro atoms. The van der Waals surface area contributed by atoms with Crippen LogP contribution in [0, 0.1) is 0 Å². The van der Waals surface area contributed by atoms with Gasteiger partial charge in [0.05, 0.1) is 12.2 Å². The molecule has 0 heterocycles. The van der Waals surface area contributed by atoms with E-state index in [1.165, 1.54) is 4.90 Å². The van der Waals surface area contributed by atoms with Crippen molar-refractivity contribution in [3.8, 4) is 0 Å². The first-order valence-corrected chi connectivity index (χ1v) is 9.74. The summed E-state index contributed by atoms with van der Waals surface area (Å²) in [6.07, 6.45) is -2.91. The standard InChI is InChI=1S/C12H19NO8S2/c14-11(8-22(16,17)18)6-13(10-4-2-1-3-5-10)7-12(15)9-23(19,20)21/h1-5,11-12,14-15H,6-9H2,(H,16,17,18)(H,19,20,21). The molecule has 1 aromatic carbocycles. The maximum atomic E-state index is 10.8. The van der Waals surface area contributed by atoms with Crippen molar-refractivity contribution in [3.05, 3.63) is 30.3 Å². The SMILES string of the molecule is O=S(=O)(O)CC(O)CN(CC(O)CS(=O)(=O)O)c1ccccc1. The molecule has 2 unspecified atom stereocenters. The molecule has 1 rings (SSSR count). The van der Waals surface area contributed by atoms with Crippen molar-refractivity contribution in [2.75, 3.05) is 29.5 Å². The number of hydrogen-bond donors (Lipinski definition) is 4. The predicted molar refractivity (Wildman–Crippen MR) is 83.5 cm³/mol. The molecule has 1 aromatic rings. The van der Waals surface area contributed by atoms with Crippen molar-refractivity contribution in [3.63, 3.8) is 0 Å². The zero-order chi connectivity index (χ0) is 17.7. The third-order valence-corrected chi connectivity index (χ3v) is 4.40. The van der Waals surface area contributed by atoms with E-state index < -0.39 is 43.9 Å². The van der Waals surface area contributed by atoms with Crippen molar-refractivity contribution < 1.29 is 36.2 Å². The third-order valence-electron chi connectivity index (χ3n) is 2.79. The molecule has 0 saturated carbocycles. The van der Waals surface area contributed by atoms with E-state index >= 15 is 0 Å². The molecule has 0 aromatic heterocycles. The van der Waals surface area contributed by atoms with Crippen LogP contribution in [0.25, 0.3) is 0 Å². The van der Waals surface area contributed by atoms with Gasteiger partial charge in [-0.1, -0.05) is 18.2 Å². The van der Waals surface area contributed by atoms with E-state index in [2.05, 4.69) is 0 Å². The quantitative estimate of drug-likeness (QED) is 0.401. The molecule has 9 nitrogen and oxygen atoms in total. The highest BCUT2D eigenvalue weighted by Gasteiger charge is 2.22. The molecule has 2 atom stereocenters. The summed E-state index contributed by atoms with van der Waals surface area (Å²) in [5.74, 6) is -1.80. The van der Waals surface area contributed by atoms with Crippen LogP contribution in [0.2, 0.25) is 0 Å². The fourth-order valence-corrected chi connectivity index (χ4v) is 3.21. The molecule has 4 N–H and O–H groups in total. The fourth-order valence-electron chi connectivity index (χ4n) is 2.02. The highest BCUT2D eigenvalue weighted by Crippen LogP contribution is 2.15. The highest BCUT2D eigenvalue weighted by molar-refractivity contribution is 7.86. The van der Waals surface area contributed by atoms with E-state index in [-0.39, 0.29) is 13.1 Å². The summed E-state index contributed by atoms with van der Waals surface area (Å²) in [7, 11) is -8.77. The molecule has 0 amide bonds. The molecule has 0 aliphatic rings. The number of rotatable bonds is 9. The van der Waals surface area contributed by atoms with Crippen LogP contribution in [0.15, 0.2) is 30.3 Å².